The molecular weight excluding hydrogens is 464 g/mol. The molecule has 1 fully saturated rings. The van der Waals surface area contributed by atoms with Crippen LogP contribution in [-0.4, -0.2) is 80.5 Å². The Balaban J connectivity index is 1.58. The Kier molecular flexibility index (Phi) is 12.2. The van der Waals surface area contributed by atoms with E-state index in [4.69, 9.17) is 4.74 Å². The first-order chi connectivity index (χ1) is 17.9. The van der Waals surface area contributed by atoms with E-state index in [2.05, 4.69) is 76.7 Å². The highest BCUT2D eigenvalue weighted by molar-refractivity contribution is 5.72. The van der Waals surface area contributed by atoms with Crippen LogP contribution in [0.2, 0.25) is 0 Å². The minimum atomic E-state index is -0.561. The zero-order valence-electron chi connectivity index (χ0n) is 22.9. The van der Waals surface area contributed by atoms with Gasteiger partial charge in [0, 0.05) is 57.9 Å². The average Bonchev–Trinajstić information content (AvgIpc) is 2.91. The minimum Gasteiger partial charge on any atom is -0.491 e. The summed E-state index contributed by atoms with van der Waals surface area (Å²) in [6.45, 7) is 12.4. The third kappa shape index (κ3) is 10.3. The van der Waals surface area contributed by atoms with Crippen molar-refractivity contribution >= 4 is 11.6 Å². The molecule has 0 bridgehead atoms. The molecule has 0 saturated carbocycles. The van der Waals surface area contributed by atoms with Gasteiger partial charge in [-0.1, -0.05) is 50.2 Å². The molecule has 7 heteroatoms. The molecule has 1 heterocycles. The SMILES string of the molecule is CC(=O)NCCCC(CCN1CCN(c2ccccc2)CC1)c1ccccc1OCC(O)CNC(C)C. The predicted octanol–water partition coefficient (Wildman–Crippen LogP) is 3.64. The van der Waals surface area contributed by atoms with Crippen molar-refractivity contribution in [3.05, 3.63) is 60.2 Å². The molecule has 0 aliphatic carbocycles. The van der Waals surface area contributed by atoms with Crippen LogP contribution in [0.25, 0.3) is 0 Å². The number of nitrogens with zero attached hydrogens (tertiary/aromatic N) is 2. The van der Waals surface area contributed by atoms with E-state index in [0.29, 0.717) is 25.0 Å². The fourth-order valence-electron chi connectivity index (χ4n) is 4.84. The van der Waals surface area contributed by atoms with Crippen molar-refractivity contribution in [1.82, 2.24) is 15.5 Å². The van der Waals surface area contributed by atoms with E-state index in [1.807, 2.05) is 12.1 Å². The van der Waals surface area contributed by atoms with Crippen LogP contribution >= 0.6 is 0 Å². The van der Waals surface area contributed by atoms with E-state index in [9.17, 15) is 9.90 Å². The Hall–Kier alpha value is -2.61. The van der Waals surface area contributed by atoms with Gasteiger partial charge in [0.2, 0.25) is 5.91 Å². The number of hydrogen-bond donors (Lipinski definition) is 3. The molecule has 2 atom stereocenters. The number of hydrogen-bond acceptors (Lipinski definition) is 6. The summed E-state index contributed by atoms with van der Waals surface area (Å²) in [5.74, 6) is 1.19. The second-order valence-electron chi connectivity index (χ2n) is 10.3. The second kappa shape index (κ2) is 15.6. The Morgan fingerprint density at radius 1 is 1.00 bits per heavy atom. The van der Waals surface area contributed by atoms with Gasteiger partial charge in [0.25, 0.3) is 0 Å². The Labute approximate surface area is 223 Å². The standard InChI is InChI=1S/C30H46N4O3/c1-24(2)32-22-28(36)23-37-30-14-8-7-13-29(30)26(10-9-16-31-25(3)35)15-17-33-18-20-34(21-19-33)27-11-5-4-6-12-27/h4-8,11-14,24,26,28,32,36H,9-10,15-23H2,1-3H3,(H,31,35). The quantitative estimate of drug-likeness (QED) is 0.318. The van der Waals surface area contributed by atoms with E-state index in [1.54, 1.807) is 6.92 Å². The van der Waals surface area contributed by atoms with Gasteiger partial charge >= 0.3 is 0 Å². The molecule has 0 spiro atoms. The van der Waals surface area contributed by atoms with Gasteiger partial charge < -0.3 is 25.4 Å². The summed E-state index contributed by atoms with van der Waals surface area (Å²) in [6.07, 6.45) is 2.36. The summed E-state index contributed by atoms with van der Waals surface area (Å²) >= 11 is 0. The number of piperazine rings is 1. The fraction of sp³-hybridized carbons (Fsp3) is 0.567. The molecule has 3 N–H and O–H groups in total. The number of carbonyl (C=O) groups excluding carboxylic acids is 1. The maximum absolute atomic E-state index is 11.3. The highest BCUT2D eigenvalue weighted by Crippen LogP contribution is 2.33. The largest absolute Gasteiger partial charge is 0.491 e. The Morgan fingerprint density at radius 3 is 2.41 bits per heavy atom. The lowest BCUT2D eigenvalue weighted by Crippen LogP contribution is -2.46. The maximum atomic E-state index is 11.3. The van der Waals surface area contributed by atoms with Gasteiger partial charge in [-0.05, 0) is 55.5 Å². The third-order valence-electron chi connectivity index (χ3n) is 6.94. The molecule has 2 aromatic rings. The van der Waals surface area contributed by atoms with Crippen LogP contribution < -0.4 is 20.3 Å². The minimum absolute atomic E-state index is 0.0144. The van der Waals surface area contributed by atoms with Crippen molar-refractivity contribution < 1.29 is 14.6 Å². The van der Waals surface area contributed by atoms with Crippen molar-refractivity contribution in [2.45, 2.75) is 58.1 Å². The normalized spacial score (nSPS) is 16.0. The average molecular weight is 511 g/mol. The van der Waals surface area contributed by atoms with Crippen LogP contribution in [0.1, 0.15) is 51.5 Å². The topological polar surface area (TPSA) is 77.1 Å². The van der Waals surface area contributed by atoms with Crippen molar-refractivity contribution in [1.29, 1.82) is 0 Å². The smallest absolute Gasteiger partial charge is 0.216 e. The molecule has 3 rings (SSSR count). The van der Waals surface area contributed by atoms with Gasteiger partial charge in [-0.15, -0.1) is 0 Å². The molecular formula is C30H46N4O3. The monoisotopic (exact) mass is 510 g/mol. The lowest BCUT2D eigenvalue weighted by Gasteiger charge is -2.36. The summed E-state index contributed by atoms with van der Waals surface area (Å²) in [4.78, 5) is 16.4. The molecule has 1 aliphatic rings. The summed E-state index contributed by atoms with van der Waals surface area (Å²) in [5, 5.41) is 16.5. The van der Waals surface area contributed by atoms with Gasteiger partial charge in [0.05, 0.1) is 0 Å². The van der Waals surface area contributed by atoms with Gasteiger partial charge in [0.15, 0.2) is 0 Å². The van der Waals surface area contributed by atoms with Crippen molar-refractivity contribution in [2.24, 2.45) is 0 Å². The third-order valence-corrected chi connectivity index (χ3v) is 6.94. The lowest BCUT2D eigenvalue weighted by atomic mass is 9.90. The van der Waals surface area contributed by atoms with E-state index >= 15 is 0 Å². The molecule has 1 saturated heterocycles. The number of ether oxygens (including phenoxy) is 1. The first-order valence-corrected chi connectivity index (χ1v) is 13.8. The summed E-state index contributed by atoms with van der Waals surface area (Å²) in [5.41, 5.74) is 2.49. The lowest BCUT2D eigenvalue weighted by molar-refractivity contribution is -0.118. The van der Waals surface area contributed by atoms with Gasteiger partial charge in [-0.25, -0.2) is 0 Å². The number of aliphatic hydroxyl groups is 1. The van der Waals surface area contributed by atoms with Crippen LogP contribution in [-0.2, 0) is 4.79 Å². The highest BCUT2D eigenvalue weighted by atomic mass is 16.5. The van der Waals surface area contributed by atoms with Crippen molar-refractivity contribution in [3.8, 4) is 5.75 Å². The van der Waals surface area contributed by atoms with Gasteiger partial charge in [-0.2, -0.15) is 0 Å². The maximum Gasteiger partial charge on any atom is 0.216 e. The molecule has 37 heavy (non-hydrogen) atoms. The summed E-state index contributed by atoms with van der Waals surface area (Å²) in [7, 11) is 0. The molecule has 2 aromatic carbocycles. The Morgan fingerprint density at radius 2 is 1.70 bits per heavy atom. The number of rotatable bonds is 15. The van der Waals surface area contributed by atoms with E-state index in [1.165, 1.54) is 11.3 Å². The van der Waals surface area contributed by atoms with Crippen LogP contribution in [0.15, 0.2) is 54.6 Å². The molecule has 7 nitrogen and oxygen atoms in total. The van der Waals surface area contributed by atoms with Crippen LogP contribution in [0.5, 0.6) is 5.75 Å². The van der Waals surface area contributed by atoms with Crippen molar-refractivity contribution in [2.75, 3.05) is 57.3 Å². The number of carbonyl (C=O) groups is 1. The van der Waals surface area contributed by atoms with Crippen molar-refractivity contribution in [3.63, 3.8) is 0 Å². The number of nitrogens with one attached hydrogen (secondary N) is 2. The molecule has 2 unspecified atom stereocenters. The molecule has 1 amide bonds. The first kappa shape index (κ1) is 29.0. The van der Waals surface area contributed by atoms with Gasteiger partial charge in [-0.3, -0.25) is 9.69 Å². The fourth-order valence-corrected chi connectivity index (χ4v) is 4.84. The van der Waals surface area contributed by atoms with E-state index in [0.717, 1.165) is 57.7 Å². The summed E-state index contributed by atoms with van der Waals surface area (Å²) in [6, 6.07) is 19.2. The molecule has 0 aromatic heterocycles. The predicted molar refractivity (Wildman–Crippen MR) is 151 cm³/mol. The molecule has 204 valence electrons. The van der Waals surface area contributed by atoms with Gasteiger partial charge in [0.1, 0.15) is 18.5 Å². The summed E-state index contributed by atoms with van der Waals surface area (Å²) < 4.78 is 6.13. The zero-order valence-corrected chi connectivity index (χ0v) is 22.9. The molecule has 1 aliphatic heterocycles. The zero-order chi connectivity index (χ0) is 26.5. The highest BCUT2D eigenvalue weighted by Gasteiger charge is 2.21. The van der Waals surface area contributed by atoms with Crippen LogP contribution in [0.3, 0.4) is 0 Å². The number of benzene rings is 2. The number of anilines is 1. The van der Waals surface area contributed by atoms with Crippen LogP contribution in [0, 0.1) is 0 Å². The molecule has 0 radical (unpaired) electrons. The number of aliphatic hydroxyl groups excluding tert-OH is 1. The Bertz CT molecular complexity index is 916. The van der Waals surface area contributed by atoms with E-state index in [-0.39, 0.29) is 12.5 Å². The number of amides is 1. The van der Waals surface area contributed by atoms with Crippen LogP contribution in [0.4, 0.5) is 5.69 Å². The second-order valence-corrected chi connectivity index (χ2v) is 10.3. The number of para-hydroxylation sites is 2. The first-order valence-electron chi connectivity index (χ1n) is 13.8. The van der Waals surface area contributed by atoms with E-state index < -0.39 is 6.10 Å².